The molecule has 0 unspecified atom stereocenters. The second-order valence-electron chi connectivity index (χ2n) is 4.52. The molecule has 1 N–H and O–H groups in total. The number of benzene rings is 1. The summed E-state index contributed by atoms with van der Waals surface area (Å²) in [6.07, 6.45) is 5.79. The lowest BCUT2D eigenvalue weighted by molar-refractivity contribution is 1.31. The van der Waals surface area contributed by atoms with Crippen LogP contribution in [0.3, 0.4) is 0 Å². The van der Waals surface area contributed by atoms with Crippen molar-refractivity contribution in [1.29, 1.82) is 0 Å². The molecular formula is C16H14N2S. The highest BCUT2D eigenvalue weighted by Gasteiger charge is 2.07. The Bertz CT molecular complexity index is 756. The summed E-state index contributed by atoms with van der Waals surface area (Å²) in [6, 6.07) is 10.4. The maximum atomic E-state index is 4.33. The molecule has 0 fully saturated rings. The Labute approximate surface area is 117 Å². The van der Waals surface area contributed by atoms with Crippen molar-refractivity contribution in [3.63, 3.8) is 0 Å². The number of pyridine rings is 1. The average molecular weight is 266 g/mol. The summed E-state index contributed by atoms with van der Waals surface area (Å²) in [5.41, 5.74) is 5.64. The largest absolute Gasteiger partial charge is 0.361 e. The van der Waals surface area contributed by atoms with Crippen molar-refractivity contribution in [2.75, 3.05) is 0 Å². The summed E-state index contributed by atoms with van der Waals surface area (Å²) < 4.78 is 0. The molecule has 0 bridgehead atoms. The molecule has 3 rings (SSSR count). The highest BCUT2D eigenvalue weighted by Crippen LogP contribution is 2.29. The smallest absolute Gasteiger partial charge is 0.0460 e. The molecule has 2 nitrogen and oxygen atoms in total. The maximum absolute atomic E-state index is 4.33. The summed E-state index contributed by atoms with van der Waals surface area (Å²) in [7, 11) is 0. The van der Waals surface area contributed by atoms with Gasteiger partial charge >= 0.3 is 0 Å². The van der Waals surface area contributed by atoms with Gasteiger partial charge in [-0.1, -0.05) is 18.2 Å². The van der Waals surface area contributed by atoms with Gasteiger partial charge in [0, 0.05) is 40.6 Å². The number of nitrogens with one attached hydrogen (secondary N) is 1. The van der Waals surface area contributed by atoms with Crippen LogP contribution in [-0.4, -0.2) is 9.97 Å². The van der Waals surface area contributed by atoms with Gasteiger partial charge in [0.15, 0.2) is 0 Å². The molecule has 2 aromatic heterocycles. The molecule has 3 aromatic rings. The van der Waals surface area contributed by atoms with Crippen LogP contribution in [0.25, 0.3) is 27.6 Å². The van der Waals surface area contributed by atoms with Gasteiger partial charge in [-0.15, -0.1) is 0 Å². The zero-order valence-electron chi connectivity index (χ0n) is 10.6. The van der Waals surface area contributed by atoms with Gasteiger partial charge in [0.05, 0.1) is 0 Å². The van der Waals surface area contributed by atoms with Crippen LogP contribution in [0, 0.1) is 0 Å². The standard InChI is InChI=1S/C16H14N2S/c1-11(10-19)12-6-13(8-17-7-12)15-9-18-16-5-3-2-4-14(15)16/h2-10,18-19H,1H3/b11-10+. The van der Waals surface area contributed by atoms with Crippen molar-refractivity contribution < 1.29 is 0 Å². The van der Waals surface area contributed by atoms with E-state index in [-0.39, 0.29) is 0 Å². The molecule has 19 heavy (non-hydrogen) atoms. The van der Waals surface area contributed by atoms with Crippen LogP contribution in [0.5, 0.6) is 0 Å². The highest BCUT2D eigenvalue weighted by molar-refractivity contribution is 7.83. The van der Waals surface area contributed by atoms with Crippen LogP contribution in [-0.2, 0) is 0 Å². The van der Waals surface area contributed by atoms with E-state index in [0.717, 1.165) is 22.2 Å². The lowest BCUT2D eigenvalue weighted by Gasteiger charge is -2.04. The van der Waals surface area contributed by atoms with Gasteiger partial charge in [0.1, 0.15) is 0 Å². The number of rotatable bonds is 2. The molecule has 0 spiro atoms. The Morgan fingerprint density at radius 1 is 1.26 bits per heavy atom. The Balaban J connectivity index is 2.17. The first-order valence-corrected chi connectivity index (χ1v) is 6.64. The predicted molar refractivity (Wildman–Crippen MR) is 84.2 cm³/mol. The van der Waals surface area contributed by atoms with Gasteiger partial charge in [0.2, 0.25) is 0 Å². The Morgan fingerprint density at radius 2 is 2.11 bits per heavy atom. The van der Waals surface area contributed by atoms with E-state index in [0.29, 0.717) is 0 Å². The zero-order valence-corrected chi connectivity index (χ0v) is 11.5. The van der Waals surface area contributed by atoms with Crippen molar-refractivity contribution in [2.45, 2.75) is 6.92 Å². The lowest BCUT2D eigenvalue weighted by atomic mass is 10.0. The number of aromatic amines is 1. The monoisotopic (exact) mass is 266 g/mol. The van der Waals surface area contributed by atoms with Gasteiger partial charge in [0.25, 0.3) is 0 Å². The van der Waals surface area contributed by atoms with E-state index in [2.05, 4.69) is 46.9 Å². The molecule has 1 aromatic carbocycles. The lowest BCUT2D eigenvalue weighted by Crippen LogP contribution is -1.84. The third kappa shape index (κ3) is 2.17. The van der Waals surface area contributed by atoms with E-state index >= 15 is 0 Å². The van der Waals surface area contributed by atoms with Crippen molar-refractivity contribution >= 4 is 29.1 Å². The molecule has 0 atom stereocenters. The molecule has 0 saturated carbocycles. The third-order valence-electron chi connectivity index (χ3n) is 3.29. The number of hydrogen-bond acceptors (Lipinski definition) is 2. The highest BCUT2D eigenvalue weighted by atomic mass is 32.1. The Morgan fingerprint density at radius 3 is 2.95 bits per heavy atom. The molecule has 2 heterocycles. The predicted octanol–water partition coefficient (Wildman–Crippen LogP) is 4.52. The maximum Gasteiger partial charge on any atom is 0.0460 e. The fourth-order valence-electron chi connectivity index (χ4n) is 2.19. The van der Waals surface area contributed by atoms with E-state index < -0.39 is 0 Å². The number of hydrogen-bond donors (Lipinski definition) is 2. The number of fused-ring (bicyclic) bond motifs is 1. The topological polar surface area (TPSA) is 28.7 Å². The first kappa shape index (κ1) is 12.1. The third-order valence-corrected chi connectivity index (χ3v) is 3.67. The number of thiol groups is 1. The summed E-state index contributed by atoms with van der Waals surface area (Å²) in [5.74, 6) is 0. The molecule has 0 aliphatic carbocycles. The van der Waals surface area contributed by atoms with Crippen LogP contribution in [0.15, 0.2) is 54.3 Å². The van der Waals surface area contributed by atoms with Gasteiger partial charge in [-0.3, -0.25) is 4.98 Å². The Kier molecular flexibility index (Phi) is 3.13. The summed E-state index contributed by atoms with van der Waals surface area (Å²) >= 11 is 4.20. The normalized spacial score (nSPS) is 12.0. The van der Waals surface area contributed by atoms with E-state index in [1.54, 1.807) is 5.41 Å². The molecule has 0 amide bonds. The van der Waals surface area contributed by atoms with E-state index in [1.165, 1.54) is 10.9 Å². The van der Waals surface area contributed by atoms with E-state index in [9.17, 15) is 0 Å². The quantitative estimate of drug-likeness (QED) is 0.656. The Hall–Kier alpha value is -2.00. The second kappa shape index (κ2) is 4.94. The minimum Gasteiger partial charge on any atom is -0.361 e. The number of allylic oxidation sites excluding steroid dienone is 1. The SMILES string of the molecule is C/C(=C\S)c1cncc(-c2c[nH]c3ccccc23)c1. The minimum atomic E-state index is 1.10. The van der Waals surface area contributed by atoms with E-state index in [1.807, 2.05) is 31.6 Å². The number of H-pyrrole nitrogens is 1. The molecule has 0 aliphatic heterocycles. The molecule has 0 radical (unpaired) electrons. The summed E-state index contributed by atoms with van der Waals surface area (Å²) in [4.78, 5) is 7.62. The van der Waals surface area contributed by atoms with E-state index in [4.69, 9.17) is 0 Å². The molecular weight excluding hydrogens is 252 g/mol. The second-order valence-corrected chi connectivity index (χ2v) is 4.78. The average Bonchev–Trinajstić information content (AvgIpc) is 2.90. The van der Waals surface area contributed by atoms with Crippen LogP contribution >= 0.6 is 12.6 Å². The number of para-hydroxylation sites is 1. The molecule has 0 saturated heterocycles. The van der Waals surface area contributed by atoms with Gasteiger partial charge < -0.3 is 4.98 Å². The number of nitrogens with zero attached hydrogens (tertiary/aromatic N) is 1. The minimum absolute atomic E-state index is 1.10. The van der Waals surface area contributed by atoms with Crippen LogP contribution in [0.4, 0.5) is 0 Å². The van der Waals surface area contributed by atoms with Gasteiger partial charge in [-0.25, -0.2) is 0 Å². The first-order valence-electron chi connectivity index (χ1n) is 6.12. The van der Waals surface area contributed by atoms with Crippen molar-refractivity contribution in [1.82, 2.24) is 9.97 Å². The fraction of sp³-hybridized carbons (Fsp3) is 0.0625. The number of aromatic nitrogens is 2. The molecule has 0 aliphatic rings. The molecule has 3 heteroatoms. The first-order chi connectivity index (χ1) is 9.29. The van der Waals surface area contributed by atoms with Gasteiger partial charge in [-0.05, 0) is 35.6 Å². The van der Waals surface area contributed by atoms with Crippen molar-refractivity contribution in [2.24, 2.45) is 0 Å². The van der Waals surface area contributed by atoms with Gasteiger partial charge in [-0.2, -0.15) is 12.6 Å². The summed E-state index contributed by atoms with van der Waals surface area (Å²) in [5, 5.41) is 3.02. The van der Waals surface area contributed by atoms with Crippen LogP contribution in [0.1, 0.15) is 12.5 Å². The zero-order chi connectivity index (χ0) is 13.2. The van der Waals surface area contributed by atoms with Crippen molar-refractivity contribution in [3.05, 3.63) is 59.9 Å². The summed E-state index contributed by atoms with van der Waals surface area (Å²) in [6.45, 7) is 2.03. The van der Waals surface area contributed by atoms with Crippen molar-refractivity contribution in [3.8, 4) is 11.1 Å². The van der Waals surface area contributed by atoms with Crippen LogP contribution in [0.2, 0.25) is 0 Å². The fourth-order valence-corrected chi connectivity index (χ4v) is 2.34. The molecule has 94 valence electrons. The van der Waals surface area contributed by atoms with Crippen LogP contribution < -0.4 is 0 Å².